The van der Waals surface area contributed by atoms with E-state index < -0.39 is 20.6 Å². The lowest BCUT2D eigenvalue weighted by Gasteiger charge is -2.29. The number of phosphoric ester groups is 1. The molecular weight excluding hydrogens is 360 g/mol. The SMILES string of the molecule is C[N+](C)(CCc1c[nH]c2ccccc12)COP(=O)(O)OCC(F)(F)F. The molecule has 1 aromatic carbocycles. The highest BCUT2D eigenvalue weighted by atomic mass is 31.2. The zero-order valence-electron chi connectivity index (χ0n) is 13.9. The fraction of sp³-hybridized carbons (Fsp3) is 0.467. The number of aromatic nitrogens is 1. The molecule has 0 radical (unpaired) electrons. The first-order valence-corrected chi connectivity index (χ1v) is 9.03. The number of H-pyrrole nitrogens is 1. The van der Waals surface area contributed by atoms with E-state index in [0.717, 1.165) is 16.5 Å². The van der Waals surface area contributed by atoms with Crippen LogP contribution in [0, 0.1) is 0 Å². The minimum absolute atomic E-state index is 0.180. The normalized spacial score (nSPS) is 15.4. The van der Waals surface area contributed by atoms with Crippen LogP contribution in [0.4, 0.5) is 13.2 Å². The molecule has 1 atom stereocenters. The largest absolute Gasteiger partial charge is 0.476 e. The highest BCUT2D eigenvalue weighted by Crippen LogP contribution is 2.44. The average Bonchev–Trinajstić information content (AvgIpc) is 2.93. The van der Waals surface area contributed by atoms with E-state index in [0.29, 0.717) is 13.0 Å². The minimum Gasteiger partial charge on any atom is -0.361 e. The quantitative estimate of drug-likeness (QED) is 0.418. The van der Waals surface area contributed by atoms with Crippen LogP contribution < -0.4 is 0 Å². The van der Waals surface area contributed by atoms with Gasteiger partial charge in [-0.25, -0.2) is 9.09 Å². The van der Waals surface area contributed by atoms with E-state index in [2.05, 4.69) is 9.51 Å². The molecular formula is C15H21F3N2O4P+. The molecule has 0 aliphatic carbocycles. The monoisotopic (exact) mass is 381 g/mol. The van der Waals surface area contributed by atoms with Crippen molar-refractivity contribution in [2.45, 2.75) is 12.6 Å². The molecule has 1 aromatic heterocycles. The Morgan fingerprint density at radius 1 is 1.24 bits per heavy atom. The molecule has 2 rings (SSSR count). The van der Waals surface area contributed by atoms with E-state index in [1.54, 1.807) is 14.1 Å². The molecule has 10 heteroatoms. The van der Waals surface area contributed by atoms with Gasteiger partial charge < -0.3 is 14.4 Å². The third kappa shape index (κ3) is 6.45. The van der Waals surface area contributed by atoms with Gasteiger partial charge in [-0.05, 0) is 11.6 Å². The van der Waals surface area contributed by atoms with E-state index in [1.807, 2.05) is 30.5 Å². The maximum Gasteiger partial charge on any atom is 0.476 e. The number of halogens is 3. The summed E-state index contributed by atoms with van der Waals surface area (Å²) in [5.74, 6) is 0. The Morgan fingerprint density at radius 3 is 2.60 bits per heavy atom. The van der Waals surface area contributed by atoms with E-state index in [4.69, 9.17) is 4.52 Å². The van der Waals surface area contributed by atoms with Crippen molar-refractivity contribution < 1.29 is 36.2 Å². The smallest absolute Gasteiger partial charge is 0.361 e. The summed E-state index contributed by atoms with van der Waals surface area (Å²) in [6.07, 6.45) is -2.13. The summed E-state index contributed by atoms with van der Waals surface area (Å²) in [7, 11) is -1.25. The maximum absolute atomic E-state index is 12.0. The van der Waals surface area contributed by atoms with Crippen LogP contribution >= 0.6 is 7.82 Å². The molecule has 0 saturated carbocycles. The van der Waals surface area contributed by atoms with Crippen LogP contribution in [-0.2, 0) is 20.0 Å². The van der Waals surface area contributed by atoms with Crippen LogP contribution in [0.5, 0.6) is 0 Å². The summed E-state index contributed by atoms with van der Waals surface area (Å²) in [6, 6.07) is 7.81. The van der Waals surface area contributed by atoms with Crippen molar-refractivity contribution in [3.05, 3.63) is 36.0 Å². The first kappa shape index (κ1) is 19.9. The first-order valence-electron chi connectivity index (χ1n) is 7.53. The number of fused-ring (bicyclic) bond motifs is 1. The van der Waals surface area contributed by atoms with Gasteiger partial charge in [0.25, 0.3) is 0 Å². The van der Waals surface area contributed by atoms with Crippen LogP contribution in [0.3, 0.4) is 0 Å². The zero-order valence-corrected chi connectivity index (χ0v) is 14.8. The minimum atomic E-state index is -4.75. The second-order valence-electron chi connectivity index (χ2n) is 6.38. The topological polar surface area (TPSA) is 71.6 Å². The van der Waals surface area contributed by atoms with Crippen molar-refractivity contribution >= 4 is 18.7 Å². The molecule has 140 valence electrons. The van der Waals surface area contributed by atoms with Crippen molar-refractivity contribution in [2.24, 2.45) is 0 Å². The van der Waals surface area contributed by atoms with Crippen LogP contribution in [0.1, 0.15) is 5.56 Å². The van der Waals surface area contributed by atoms with Crippen LogP contribution in [0.15, 0.2) is 30.5 Å². The Balaban J connectivity index is 1.88. The molecule has 2 aromatic rings. The molecule has 0 fully saturated rings. The van der Waals surface area contributed by atoms with Crippen molar-refractivity contribution in [1.29, 1.82) is 0 Å². The van der Waals surface area contributed by atoms with Gasteiger partial charge in [0.2, 0.25) is 0 Å². The number of alkyl halides is 3. The maximum atomic E-state index is 12.0. The van der Waals surface area contributed by atoms with Gasteiger partial charge in [-0.15, -0.1) is 0 Å². The number of hydrogen-bond acceptors (Lipinski definition) is 3. The van der Waals surface area contributed by atoms with Gasteiger partial charge in [-0.1, -0.05) is 18.2 Å². The van der Waals surface area contributed by atoms with Gasteiger partial charge in [0, 0.05) is 23.5 Å². The highest BCUT2D eigenvalue weighted by Gasteiger charge is 2.35. The summed E-state index contributed by atoms with van der Waals surface area (Å²) in [5.41, 5.74) is 2.10. The van der Waals surface area contributed by atoms with E-state index in [9.17, 15) is 22.6 Å². The summed E-state index contributed by atoms with van der Waals surface area (Å²) >= 11 is 0. The van der Waals surface area contributed by atoms with E-state index in [-0.39, 0.29) is 11.2 Å². The molecule has 0 spiro atoms. The van der Waals surface area contributed by atoms with Gasteiger partial charge in [0.1, 0.15) is 0 Å². The third-order valence-electron chi connectivity index (χ3n) is 3.62. The number of nitrogens with zero attached hydrogens (tertiary/aromatic N) is 1. The van der Waals surface area contributed by atoms with Gasteiger partial charge in [0.15, 0.2) is 13.3 Å². The molecule has 0 bridgehead atoms. The first-order chi connectivity index (χ1) is 11.5. The van der Waals surface area contributed by atoms with Crippen molar-refractivity contribution in [1.82, 2.24) is 4.98 Å². The second-order valence-corrected chi connectivity index (χ2v) is 7.84. The summed E-state index contributed by atoms with van der Waals surface area (Å²) < 4.78 is 56.5. The summed E-state index contributed by atoms with van der Waals surface area (Å²) in [4.78, 5) is 12.5. The predicted octanol–water partition coefficient (Wildman–Crippen LogP) is 3.44. The molecule has 0 aliphatic heterocycles. The van der Waals surface area contributed by atoms with Gasteiger partial charge in [0.05, 0.1) is 20.6 Å². The molecule has 0 aliphatic rings. The number of hydrogen-bond donors (Lipinski definition) is 2. The number of rotatable bonds is 8. The van der Waals surface area contributed by atoms with Crippen molar-refractivity contribution in [3.63, 3.8) is 0 Å². The zero-order chi connectivity index (χ0) is 18.7. The number of benzene rings is 1. The predicted molar refractivity (Wildman–Crippen MR) is 86.8 cm³/mol. The number of para-hydroxylation sites is 1. The van der Waals surface area contributed by atoms with E-state index in [1.165, 1.54) is 0 Å². The molecule has 2 N–H and O–H groups in total. The second kappa shape index (κ2) is 7.47. The fourth-order valence-electron chi connectivity index (χ4n) is 2.25. The Kier molecular flexibility index (Phi) is 5.96. The standard InChI is InChI=1S/C15H20F3N2O4P/c1-20(2,11-24-25(21,22)23-10-15(16,17)18)8-7-12-9-19-14-6-4-3-5-13(12)14/h3-6,9,19H,7-8,10-11H2,1-2H3/p+1. The Morgan fingerprint density at radius 2 is 1.92 bits per heavy atom. The fourth-order valence-corrected chi connectivity index (χ4v) is 3.09. The van der Waals surface area contributed by atoms with Crippen molar-refractivity contribution in [2.75, 3.05) is 34.0 Å². The number of aromatic amines is 1. The average molecular weight is 381 g/mol. The van der Waals surface area contributed by atoms with E-state index >= 15 is 0 Å². The van der Waals surface area contributed by atoms with Crippen LogP contribution in [-0.4, -0.2) is 54.5 Å². The number of nitrogens with one attached hydrogen (secondary N) is 1. The van der Waals surface area contributed by atoms with Gasteiger partial charge >= 0.3 is 14.0 Å². The van der Waals surface area contributed by atoms with Crippen LogP contribution in [0.2, 0.25) is 0 Å². The van der Waals surface area contributed by atoms with Gasteiger partial charge in [-0.3, -0.25) is 4.52 Å². The lowest BCUT2D eigenvalue weighted by Crippen LogP contribution is -2.42. The summed E-state index contributed by atoms with van der Waals surface area (Å²) in [5, 5.41) is 1.09. The molecule has 6 nitrogen and oxygen atoms in total. The summed E-state index contributed by atoms with van der Waals surface area (Å²) in [6.45, 7) is -1.53. The number of phosphoric acid groups is 1. The Labute approximate surface area is 143 Å². The van der Waals surface area contributed by atoms with Crippen molar-refractivity contribution in [3.8, 4) is 0 Å². The molecule has 25 heavy (non-hydrogen) atoms. The lowest BCUT2D eigenvalue weighted by molar-refractivity contribution is -0.906. The Bertz CT molecular complexity index is 761. The van der Waals surface area contributed by atoms with Gasteiger partial charge in [-0.2, -0.15) is 13.2 Å². The highest BCUT2D eigenvalue weighted by molar-refractivity contribution is 7.47. The van der Waals surface area contributed by atoms with Crippen LogP contribution in [0.25, 0.3) is 10.9 Å². The molecule has 1 unspecified atom stereocenters. The lowest BCUT2D eigenvalue weighted by atomic mass is 10.1. The molecule has 0 saturated heterocycles. The molecule has 0 amide bonds. The third-order valence-corrected chi connectivity index (χ3v) is 4.52. The number of likely N-dealkylation sites (N-methyl/N-ethyl adjacent to an activating group) is 1. The Hall–Kier alpha value is -1.38. The molecule has 1 heterocycles. The number of quaternary nitrogens is 1.